The number of benzene rings is 1. The van der Waals surface area contributed by atoms with Crippen molar-refractivity contribution < 1.29 is 14.4 Å². The molecule has 4 heteroatoms. The highest BCUT2D eigenvalue weighted by molar-refractivity contribution is 6.30. The number of piperidine rings is 3. The molecule has 3 fully saturated rings. The van der Waals surface area contributed by atoms with Crippen molar-refractivity contribution in [2.75, 3.05) is 13.1 Å². The van der Waals surface area contributed by atoms with Gasteiger partial charge >= 0.3 is 0 Å². The van der Waals surface area contributed by atoms with Crippen LogP contribution >= 0.6 is 11.6 Å². The lowest BCUT2D eigenvalue weighted by Gasteiger charge is -2.40. The van der Waals surface area contributed by atoms with Crippen LogP contribution in [0.1, 0.15) is 18.6 Å². The number of fused-ring (bicyclic) bond motifs is 3. The summed E-state index contributed by atoms with van der Waals surface area (Å²) in [6.07, 6.45) is 3.95. The number of furan rings is 1. The Hall–Kier alpha value is -1.55. The largest absolute Gasteiger partial charge is 0.457 e. The Morgan fingerprint density at radius 3 is 2.50 bits per heavy atom. The van der Waals surface area contributed by atoms with Crippen LogP contribution < -0.4 is 4.90 Å². The molecule has 0 saturated carbocycles. The summed E-state index contributed by atoms with van der Waals surface area (Å²) in [6, 6.07) is 11.5. The molecule has 1 aromatic carbocycles. The van der Waals surface area contributed by atoms with Gasteiger partial charge in [0.25, 0.3) is 0 Å². The minimum atomic E-state index is -0.318. The van der Waals surface area contributed by atoms with Crippen LogP contribution in [-0.4, -0.2) is 24.3 Å². The zero-order valence-corrected chi connectivity index (χ0v) is 13.0. The number of aliphatic hydroxyl groups is 1. The molecule has 22 heavy (non-hydrogen) atoms. The van der Waals surface area contributed by atoms with Gasteiger partial charge in [-0.3, -0.25) is 0 Å². The lowest BCUT2D eigenvalue weighted by atomic mass is 9.83. The molecule has 1 atom stereocenters. The van der Waals surface area contributed by atoms with Crippen LogP contribution in [-0.2, 0) is 0 Å². The second-order valence-corrected chi connectivity index (χ2v) is 6.63. The van der Waals surface area contributed by atoms with Crippen molar-refractivity contribution in [1.82, 2.24) is 0 Å². The van der Waals surface area contributed by atoms with Crippen LogP contribution in [0.2, 0.25) is 5.02 Å². The zero-order chi connectivity index (χ0) is 15.1. The summed E-state index contributed by atoms with van der Waals surface area (Å²) in [5, 5.41) is 11.1. The quantitative estimate of drug-likeness (QED) is 0.894. The van der Waals surface area contributed by atoms with E-state index in [-0.39, 0.29) is 6.10 Å². The minimum absolute atomic E-state index is 0.318. The van der Waals surface area contributed by atoms with Crippen LogP contribution in [0.4, 0.5) is 0 Å². The number of halogens is 1. The highest BCUT2D eigenvalue weighted by atomic mass is 35.5. The molecule has 3 nitrogen and oxygen atoms in total. The monoisotopic (exact) mass is 316 g/mol. The standard InChI is InChI=1S/C18H18ClNO2/c19-14-3-1-12(2-4-14)17-6-5-15(22-17)11-16-18(21)13-7-9-20(16)10-8-13/h1-6,11,13,18,21H,7-10H2/p+1/b16-11-/t18-/m1/s1. The van der Waals surface area contributed by atoms with E-state index in [1.54, 1.807) is 0 Å². The van der Waals surface area contributed by atoms with Crippen molar-refractivity contribution in [3.05, 3.63) is 52.9 Å². The lowest BCUT2D eigenvalue weighted by molar-refractivity contribution is -0.880. The van der Waals surface area contributed by atoms with Crippen molar-refractivity contribution in [1.29, 1.82) is 0 Å². The van der Waals surface area contributed by atoms with E-state index in [0.717, 1.165) is 53.7 Å². The molecule has 3 aliphatic rings. The van der Waals surface area contributed by atoms with Gasteiger partial charge in [-0.15, -0.1) is 0 Å². The van der Waals surface area contributed by atoms with E-state index in [0.29, 0.717) is 5.92 Å². The molecule has 114 valence electrons. The number of quaternary nitrogens is 1. The fourth-order valence-electron chi connectivity index (χ4n) is 3.60. The van der Waals surface area contributed by atoms with Crippen molar-refractivity contribution >= 4 is 17.7 Å². The molecule has 3 saturated heterocycles. The maximum Gasteiger partial charge on any atom is 0.140 e. The van der Waals surface area contributed by atoms with Crippen LogP contribution in [0.25, 0.3) is 17.4 Å². The van der Waals surface area contributed by atoms with Gasteiger partial charge in [-0.1, -0.05) is 11.6 Å². The van der Waals surface area contributed by atoms with E-state index in [9.17, 15) is 5.11 Å². The van der Waals surface area contributed by atoms with Crippen molar-refractivity contribution in [2.45, 2.75) is 18.9 Å². The van der Waals surface area contributed by atoms with Crippen molar-refractivity contribution in [2.24, 2.45) is 5.92 Å². The van der Waals surface area contributed by atoms with Crippen LogP contribution in [0.3, 0.4) is 0 Å². The average molecular weight is 317 g/mol. The third kappa shape index (κ3) is 2.50. The third-order valence-electron chi connectivity index (χ3n) is 4.86. The van der Waals surface area contributed by atoms with Gasteiger partial charge in [0, 0.05) is 35.4 Å². The van der Waals surface area contributed by atoms with Crippen molar-refractivity contribution in [3.8, 4) is 11.3 Å². The first kappa shape index (κ1) is 14.1. The predicted octanol–water partition coefficient (Wildman–Crippen LogP) is 2.61. The number of nitrogens with one attached hydrogen (secondary N) is 1. The summed E-state index contributed by atoms with van der Waals surface area (Å²) in [5.41, 5.74) is 2.09. The number of hydrogen-bond donors (Lipinski definition) is 2. The van der Waals surface area contributed by atoms with Gasteiger partial charge in [-0.2, -0.15) is 0 Å². The molecular weight excluding hydrogens is 298 g/mol. The maximum absolute atomic E-state index is 10.4. The molecule has 2 bridgehead atoms. The summed E-state index contributed by atoms with van der Waals surface area (Å²) in [5.74, 6) is 2.05. The minimum Gasteiger partial charge on any atom is -0.457 e. The van der Waals surface area contributed by atoms with Crippen LogP contribution in [0, 0.1) is 5.92 Å². The highest BCUT2D eigenvalue weighted by Crippen LogP contribution is 2.28. The van der Waals surface area contributed by atoms with Gasteiger partial charge in [0.05, 0.1) is 13.1 Å². The van der Waals surface area contributed by atoms with E-state index < -0.39 is 0 Å². The molecule has 2 N–H and O–H groups in total. The Labute approximate surface area is 134 Å². The van der Waals surface area contributed by atoms with E-state index in [4.69, 9.17) is 16.0 Å². The molecule has 0 aliphatic carbocycles. The van der Waals surface area contributed by atoms with Gasteiger partial charge in [0.1, 0.15) is 23.3 Å². The fraction of sp³-hybridized carbons (Fsp3) is 0.333. The Kier molecular flexibility index (Phi) is 3.57. The number of rotatable bonds is 2. The number of aliphatic hydroxyl groups excluding tert-OH is 1. The smallest absolute Gasteiger partial charge is 0.140 e. The number of hydrogen-bond acceptors (Lipinski definition) is 2. The Morgan fingerprint density at radius 2 is 1.82 bits per heavy atom. The highest BCUT2D eigenvalue weighted by Gasteiger charge is 2.41. The molecule has 1 aromatic heterocycles. The third-order valence-corrected chi connectivity index (χ3v) is 5.11. The first-order chi connectivity index (χ1) is 10.7. The SMILES string of the molecule is O[C@H]1/C(=C/c2ccc(-c3ccc(Cl)cc3)o2)[NH+]2CCC1CC2. The molecule has 2 aromatic rings. The van der Waals surface area contributed by atoms with E-state index in [2.05, 4.69) is 0 Å². The second-order valence-electron chi connectivity index (χ2n) is 6.19. The predicted molar refractivity (Wildman–Crippen MR) is 86.6 cm³/mol. The van der Waals surface area contributed by atoms with Gasteiger partial charge in [0.2, 0.25) is 0 Å². The van der Waals surface area contributed by atoms with Crippen molar-refractivity contribution in [3.63, 3.8) is 0 Å². The Balaban J connectivity index is 1.62. The molecule has 4 heterocycles. The second kappa shape index (κ2) is 5.58. The zero-order valence-electron chi connectivity index (χ0n) is 12.3. The molecule has 5 rings (SSSR count). The average Bonchev–Trinajstić information content (AvgIpc) is 3.01. The first-order valence-electron chi connectivity index (χ1n) is 7.81. The molecule has 0 spiro atoms. The molecule has 0 unspecified atom stereocenters. The summed E-state index contributed by atoms with van der Waals surface area (Å²) >= 11 is 5.91. The first-order valence-corrected chi connectivity index (χ1v) is 8.19. The Morgan fingerprint density at radius 1 is 1.09 bits per heavy atom. The summed E-state index contributed by atoms with van der Waals surface area (Å²) < 4.78 is 5.92. The maximum atomic E-state index is 10.4. The molecule has 0 radical (unpaired) electrons. The molecular formula is C18H19ClNO2+. The van der Waals surface area contributed by atoms with E-state index in [1.807, 2.05) is 42.5 Å². The van der Waals surface area contributed by atoms with Gasteiger partial charge in [-0.25, -0.2) is 0 Å². The topological polar surface area (TPSA) is 37.8 Å². The van der Waals surface area contributed by atoms with Gasteiger partial charge in [0.15, 0.2) is 0 Å². The fourth-order valence-corrected chi connectivity index (χ4v) is 3.72. The lowest BCUT2D eigenvalue weighted by Crippen LogP contribution is -3.14. The summed E-state index contributed by atoms with van der Waals surface area (Å²) in [4.78, 5) is 1.40. The van der Waals surface area contributed by atoms with E-state index in [1.165, 1.54) is 4.90 Å². The van der Waals surface area contributed by atoms with Crippen LogP contribution in [0.5, 0.6) is 0 Å². The molecule has 0 amide bonds. The van der Waals surface area contributed by atoms with Gasteiger partial charge in [-0.05, 0) is 36.4 Å². The normalized spacial score (nSPS) is 29.2. The van der Waals surface area contributed by atoms with E-state index >= 15 is 0 Å². The summed E-state index contributed by atoms with van der Waals surface area (Å²) in [7, 11) is 0. The van der Waals surface area contributed by atoms with Crippen LogP contribution in [0.15, 0.2) is 46.5 Å². The van der Waals surface area contributed by atoms with Gasteiger partial charge < -0.3 is 14.4 Å². The summed E-state index contributed by atoms with van der Waals surface area (Å²) in [6.45, 7) is 2.25. The Bertz CT molecular complexity index is 692. The molecule has 3 aliphatic heterocycles.